The van der Waals surface area contributed by atoms with Crippen molar-refractivity contribution >= 4 is 33.3 Å². The van der Waals surface area contributed by atoms with Gasteiger partial charge in [-0.05, 0) is 48.2 Å². The zero-order valence-corrected chi connectivity index (χ0v) is 14.9. The third-order valence-electron chi connectivity index (χ3n) is 5.00. The standard InChI is InChI=1S/C16H15BrClN5/c1-9-4-11(6-19)23(22-9)10-2-3-16(5-10)8-21-15-13(16)14(18)12(17)7-20-15/h4,7,10H,2-3,5,8H2,1H3,(H,20,21). The van der Waals surface area contributed by atoms with Crippen LogP contribution in [0, 0.1) is 18.3 Å². The van der Waals surface area contributed by atoms with Crippen molar-refractivity contribution in [2.24, 2.45) is 0 Å². The van der Waals surface area contributed by atoms with Gasteiger partial charge in [0.1, 0.15) is 17.6 Å². The summed E-state index contributed by atoms with van der Waals surface area (Å²) in [6.45, 7) is 2.76. The van der Waals surface area contributed by atoms with Gasteiger partial charge in [-0.2, -0.15) is 10.4 Å². The van der Waals surface area contributed by atoms with Crippen molar-refractivity contribution in [3.05, 3.63) is 38.7 Å². The molecule has 0 bridgehead atoms. The van der Waals surface area contributed by atoms with E-state index < -0.39 is 0 Å². The number of hydrogen-bond acceptors (Lipinski definition) is 4. The van der Waals surface area contributed by atoms with E-state index in [0.29, 0.717) is 5.69 Å². The molecule has 1 spiro atoms. The molecule has 7 heteroatoms. The molecule has 23 heavy (non-hydrogen) atoms. The van der Waals surface area contributed by atoms with E-state index in [1.165, 1.54) is 0 Å². The molecule has 1 saturated carbocycles. The van der Waals surface area contributed by atoms with Crippen LogP contribution in [0.4, 0.5) is 5.82 Å². The lowest BCUT2D eigenvalue weighted by molar-refractivity contribution is 0.415. The van der Waals surface area contributed by atoms with Gasteiger partial charge in [0.15, 0.2) is 0 Å². The summed E-state index contributed by atoms with van der Waals surface area (Å²) >= 11 is 10.0. The number of nitriles is 1. The number of anilines is 1. The number of nitrogens with one attached hydrogen (secondary N) is 1. The second-order valence-electron chi connectivity index (χ2n) is 6.40. The first kappa shape index (κ1) is 15.0. The molecule has 2 aromatic heterocycles. The van der Waals surface area contributed by atoms with Crippen LogP contribution < -0.4 is 5.32 Å². The van der Waals surface area contributed by atoms with Gasteiger partial charge in [-0.15, -0.1) is 0 Å². The predicted octanol–water partition coefficient (Wildman–Crippen LogP) is 3.96. The van der Waals surface area contributed by atoms with Crippen molar-refractivity contribution in [3.63, 3.8) is 0 Å². The number of rotatable bonds is 1. The number of halogens is 2. The Labute approximate surface area is 147 Å². The molecule has 4 rings (SSSR count). The van der Waals surface area contributed by atoms with Crippen LogP contribution in [-0.2, 0) is 5.41 Å². The van der Waals surface area contributed by atoms with E-state index in [1.54, 1.807) is 6.20 Å². The van der Waals surface area contributed by atoms with Gasteiger partial charge in [0.05, 0.1) is 21.2 Å². The lowest BCUT2D eigenvalue weighted by Crippen LogP contribution is -2.26. The number of aryl methyl sites for hydroxylation is 1. The molecule has 2 aliphatic rings. The summed E-state index contributed by atoms with van der Waals surface area (Å²) < 4.78 is 2.72. The summed E-state index contributed by atoms with van der Waals surface area (Å²) in [6.07, 6.45) is 4.66. The van der Waals surface area contributed by atoms with E-state index in [9.17, 15) is 5.26 Å². The van der Waals surface area contributed by atoms with Crippen LogP contribution in [0.1, 0.15) is 42.3 Å². The van der Waals surface area contributed by atoms with Crippen LogP contribution in [0.3, 0.4) is 0 Å². The first-order chi connectivity index (χ1) is 11.0. The molecule has 1 fully saturated rings. The minimum atomic E-state index is -0.0273. The fourth-order valence-electron chi connectivity index (χ4n) is 4.00. The Morgan fingerprint density at radius 1 is 1.57 bits per heavy atom. The molecule has 2 atom stereocenters. The third-order valence-corrected chi connectivity index (χ3v) is 6.22. The molecule has 0 amide bonds. The fraction of sp³-hybridized carbons (Fsp3) is 0.438. The van der Waals surface area contributed by atoms with Crippen molar-refractivity contribution in [1.29, 1.82) is 5.26 Å². The van der Waals surface area contributed by atoms with E-state index in [2.05, 4.69) is 37.4 Å². The summed E-state index contributed by atoms with van der Waals surface area (Å²) in [6, 6.07) is 4.32. The number of pyridine rings is 1. The lowest BCUT2D eigenvalue weighted by atomic mass is 9.81. The number of fused-ring (bicyclic) bond motifs is 2. The average molecular weight is 393 g/mol. The van der Waals surface area contributed by atoms with Gasteiger partial charge < -0.3 is 5.32 Å². The van der Waals surface area contributed by atoms with Gasteiger partial charge in [0.25, 0.3) is 0 Å². The Hall–Kier alpha value is -1.58. The van der Waals surface area contributed by atoms with Gasteiger partial charge in [0.2, 0.25) is 0 Å². The third kappa shape index (κ3) is 2.18. The van der Waals surface area contributed by atoms with E-state index >= 15 is 0 Å². The fourth-order valence-corrected chi connectivity index (χ4v) is 4.64. The van der Waals surface area contributed by atoms with Crippen molar-refractivity contribution in [1.82, 2.24) is 14.8 Å². The Kier molecular flexibility index (Phi) is 3.40. The quantitative estimate of drug-likeness (QED) is 0.797. The molecular formula is C16H15BrClN5. The van der Waals surface area contributed by atoms with Crippen molar-refractivity contribution in [2.75, 3.05) is 11.9 Å². The minimum Gasteiger partial charge on any atom is -0.369 e. The van der Waals surface area contributed by atoms with Crippen LogP contribution in [0.5, 0.6) is 0 Å². The molecule has 0 saturated heterocycles. The van der Waals surface area contributed by atoms with E-state index in [1.807, 2.05) is 17.7 Å². The molecule has 1 N–H and O–H groups in total. The van der Waals surface area contributed by atoms with E-state index in [4.69, 9.17) is 11.6 Å². The summed E-state index contributed by atoms with van der Waals surface area (Å²) in [5, 5.41) is 18.0. The Morgan fingerprint density at radius 3 is 3.17 bits per heavy atom. The van der Waals surface area contributed by atoms with Crippen LogP contribution in [0.25, 0.3) is 0 Å². The highest BCUT2D eigenvalue weighted by Gasteiger charge is 2.48. The molecule has 1 aliphatic heterocycles. The Balaban J connectivity index is 1.73. The molecule has 118 valence electrons. The summed E-state index contributed by atoms with van der Waals surface area (Å²) in [4.78, 5) is 4.46. The van der Waals surface area contributed by atoms with Crippen molar-refractivity contribution < 1.29 is 0 Å². The lowest BCUT2D eigenvalue weighted by Gasteiger charge is -2.24. The first-order valence-electron chi connectivity index (χ1n) is 7.59. The number of hydrogen-bond donors (Lipinski definition) is 1. The monoisotopic (exact) mass is 391 g/mol. The molecule has 0 aromatic carbocycles. The van der Waals surface area contributed by atoms with Crippen LogP contribution >= 0.6 is 27.5 Å². The van der Waals surface area contributed by atoms with E-state index in [-0.39, 0.29) is 11.5 Å². The highest BCUT2D eigenvalue weighted by atomic mass is 79.9. The van der Waals surface area contributed by atoms with Gasteiger partial charge in [-0.3, -0.25) is 4.68 Å². The van der Waals surface area contributed by atoms with Gasteiger partial charge >= 0.3 is 0 Å². The maximum Gasteiger partial charge on any atom is 0.139 e. The summed E-state index contributed by atoms with van der Waals surface area (Å²) in [5.41, 5.74) is 2.60. The second-order valence-corrected chi connectivity index (χ2v) is 7.63. The zero-order chi connectivity index (χ0) is 16.2. The Morgan fingerprint density at radius 2 is 2.39 bits per heavy atom. The first-order valence-corrected chi connectivity index (χ1v) is 8.76. The second kappa shape index (κ2) is 5.22. The molecule has 2 aromatic rings. The normalized spacial score (nSPS) is 25.4. The Bertz CT molecular complexity index is 840. The van der Waals surface area contributed by atoms with Gasteiger partial charge in [-0.1, -0.05) is 11.6 Å². The zero-order valence-electron chi connectivity index (χ0n) is 12.6. The molecule has 3 heterocycles. The van der Waals surface area contributed by atoms with E-state index in [0.717, 1.165) is 52.4 Å². The minimum absolute atomic E-state index is 0.0273. The smallest absolute Gasteiger partial charge is 0.139 e. The summed E-state index contributed by atoms with van der Waals surface area (Å²) in [5.74, 6) is 0.885. The molecule has 0 radical (unpaired) electrons. The maximum absolute atomic E-state index is 9.33. The van der Waals surface area contributed by atoms with Crippen molar-refractivity contribution in [2.45, 2.75) is 37.6 Å². The predicted molar refractivity (Wildman–Crippen MR) is 91.7 cm³/mol. The van der Waals surface area contributed by atoms with Crippen LogP contribution in [0.2, 0.25) is 5.02 Å². The maximum atomic E-state index is 9.33. The highest BCUT2D eigenvalue weighted by molar-refractivity contribution is 9.10. The topological polar surface area (TPSA) is 66.5 Å². The van der Waals surface area contributed by atoms with Crippen LogP contribution in [-0.4, -0.2) is 21.3 Å². The molecular weight excluding hydrogens is 378 g/mol. The largest absolute Gasteiger partial charge is 0.369 e. The van der Waals surface area contributed by atoms with Crippen molar-refractivity contribution in [3.8, 4) is 6.07 Å². The van der Waals surface area contributed by atoms with Gasteiger partial charge in [-0.25, -0.2) is 4.98 Å². The number of nitrogens with zero attached hydrogens (tertiary/aromatic N) is 4. The molecule has 5 nitrogen and oxygen atoms in total. The highest BCUT2D eigenvalue weighted by Crippen LogP contribution is 2.54. The van der Waals surface area contributed by atoms with Gasteiger partial charge in [0, 0.05) is 23.7 Å². The number of aromatic nitrogens is 3. The molecule has 2 unspecified atom stereocenters. The SMILES string of the molecule is Cc1cc(C#N)n(C2CCC3(CNc4ncc(Br)c(Cl)c43)C2)n1. The molecule has 1 aliphatic carbocycles. The summed E-state index contributed by atoms with van der Waals surface area (Å²) in [7, 11) is 0. The van der Waals surface area contributed by atoms with Crippen LogP contribution in [0.15, 0.2) is 16.7 Å². The average Bonchev–Trinajstić information content (AvgIpc) is 3.22.